The molecule has 122 valence electrons. The van der Waals surface area contributed by atoms with Gasteiger partial charge in [0, 0.05) is 18.3 Å². The molecule has 2 aromatic rings. The lowest BCUT2D eigenvalue weighted by atomic mass is 9.89. The van der Waals surface area contributed by atoms with Gasteiger partial charge in [-0.1, -0.05) is 73.7 Å². The van der Waals surface area contributed by atoms with Crippen LogP contribution in [0.15, 0.2) is 71.6 Å². The summed E-state index contributed by atoms with van der Waals surface area (Å²) < 4.78 is 0. The van der Waals surface area contributed by atoms with Crippen molar-refractivity contribution in [2.75, 3.05) is 0 Å². The van der Waals surface area contributed by atoms with Gasteiger partial charge in [-0.2, -0.15) is 0 Å². The maximum Gasteiger partial charge on any atom is 0.194 e. The van der Waals surface area contributed by atoms with E-state index in [2.05, 4.69) is 24.3 Å². The average Bonchev–Trinajstić information content (AvgIpc) is 2.63. The van der Waals surface area contributed by atoms with Crippen LogP contribution in [0.5, 0.6) is 0 Å². The number of Topliss-reactive ketones (excluding diaryl/α,β-unsaturated/α-hetero) is 1. The molecule has 2 aromatic carbocycles. The summed E-state index contributed by atoms with van der Waals surface area (Å²) in [6.45, 7) is 1.97. The lowest BCUT2D eigenvalue weighted by molar-refractivity contribution is -0.123. The summed E-state index contributed by atoms with van der Waals surface area (Å²) in [5.74, 6) is -0.0848. The predicted octanol–water partition coefficient (Wildman–Crippen LogP) is 4.96. The van der Waals surface area contributed by atoms with Crippen LogP contribution in [0.2, 0.25) is 0 Å². The second-order valence-corrected chi connectivity index (χ2v) is 7.08. The number of carbonyl (C=O) groups excluding carboxylic acids is 2. The molecule has 3 heteroatoms. The summed E-state index contributed by atoms with van der Waals surface area (Å²) >= 11 is 1.10. The quantitative estimate of drug-likeness (QED) is 0.740. The van der Waals surface area contributed by atoms with Crippen molar-refractivity contribution in [3.05, 3.63) is 82.8 Å². The lowest BCUT2D eigenvalue weighted by Gasteiger charge is -2.22. The Kier molecular flexibility index (Phi) is 5.31. The van der Waals surface area contributed by atoms with Crippen LogP contribution in [-0.2, 0) is 9.59 Å². The highest BCUT2D eigenvalue weighted by Gasteiger charge is 2.31. The normalized spacial score (nSPS) is 19.9. The van der Waals surface area contributed by atoms with Crippen LogP contribution >= 0.6 is 11.8 Å². The molecule has 0 saturated carbocycles. The van der Waals surface area contributed by atoms with Gasteiger partial charge in [0.15, 0.2) is 10.9 Å². The number of carbonyl (C=O) groups is 2. The van der Waals surface area contributed by atoms with E-state index in [1.165, 1.54) is 0 Å². The fraction of sp³-hybridized carbons (Fsp3) is 0.238. The van der Waals surface area contributed by atoms with Gasteiger partial charge in [0.25, 0.3) is 0 Å². The van der Waals surface area contributed by atoms with Gasteiger partial charge < -0.3 is 0 Å². The van der Waals surface area contributed by atoms with E-state index >= 15 is 0 Å². The Bertz CT molecular complexity index is 710. The molecular weight excluding hydrogens is 316 g/mol. The Labute approximate surface area is 147 Å². The van der Waals surface area contributed by atoms with Crippen molar-refractivity contribution >= 4 is 22.7 Å². The van der Waals surface area contributed by atoms with Gasteiger partial charge >= 0.3 is 0 Å². The first-order valence-corrected chi connectivity index (χ1v) is 9.07. The summed E-state index contributed by atoms with van der Waals surface area (Å²) in [5, 5.41) is 0.0903. The molecule has 1 fully saturated rings. The molecule has 2 nitrogen and oxygen atoms in total. The fourth-order valence-corrected chi connectivity index (χ4v) is 4.01. The highest BCUT2D eigenvalue weighted by atomic mass is 32.2. The van der Waals surface area contributed by atoms with Crippen LogP contribution in [-0.4, -0.2) is 10.9 Å². The van der Waals surface area contributed by atoms with Gasteiger partial charge in [0.1, 0.15) is 0 Å². The minimum Gasteiger partial charge on any atom is -0.293 e. The van der Waals surface area contributed by atoms with Crippen molar-refractivity contribution in [2.24, 2.45) is 5.92 Å². The van der Waals surface area contributed by atoms with E-state index < -0.39 is 0 Å². The first-order valence-electron chi connectivity index (χ1n) is 8.25. The zero-order chi connectivity index (χ0) is 16.9. The molecule has 1 unspecified atom stereocenters. The lowest BCUT2D eigenvalue weighted by Crippen LogP contribution is -2.23. The van der Waals surface area contributed by atoms with Gasteiger partial charge in [-0.05, 0) is 29.3 Å². The van der Waals surface area contributed by atoms with Gasteiger partial charge in [0.2, 0.25) is 0 Å². The van der Waals surface area contributed by atoms with Crippen LogP contribution in [0.4, 0.5) is 0 Å². The largest absolute Gasteiger partial charge is 0.293 e. The van der Waals surface area contributed by atoms with Crippen molar-refractivity contribution in [3.63, 3.8) is 0 Å². The van der Waals surface area contributed by atoms with Crippen LogP contribution in [0.25, 0.3) is 0 Å². The van der Waals surface area contributed by atoms with Gasteiger partial charge in [-0.15, -0.1) is 0 Å². The van der Waals surface area contributed by atoms with Crippen LogP contribution in [0.1, 0.15) is 36.8 Å². The molecule has 0 aromatic heterocycles. The van der Waals surface area contributed by atoms with Crippen molar-refractivity contribution in [1.29, 1.82) is 0 Å². The molecule has 0 spiro atoms. The van der Waals surface area contributed by atoms with Gasteiger partial charge in [-0.3, -0.25) is 9.59 Å². The maximum absolute atomic E-state index is 12.7. The summed E-state index contributed by atoms with van der Waals surface area (Å²) in [4.78, 5) is 25.3. The fourth-order valence-electron chi connectivity index (χ4n) is 3.01. The second kappa shape index (κ2) is 7.63. The van der Waals surface area contributed by atoms with Crippen LogP contribution in [0, 0.1) is 5.92 Å². The molecule has 1 saturated heterocycles. The van der Waals surface area contributed by atoms with Crippen molar-refractivity contribution < 1.29 is 9.59 Å². The zero-order valence-corrected chi connectivity index (χ0v) is 14.5. The minimum absolute atomic E-state index is 0.0257. The first kappa shape index (κ1) is 16.7. The highest BCUT2D eigenvalue weighted by Crippen LogP contribution is 2.36. The van der Waals surface area contributed by atoms with E-state index in [4.69, 9.17) is 0 Å². The molecule has 1 aliphatic heterocycles. The third-order valence-corrected chi connectivity index (χ3v) is 5.33. The number of hydrogen-bond donors (Lipinski definition) is 0. The highest BCUT2D eigenvalue weighted by molar-refractivity contribution is 8.17. The van der Waals surface area contributed by atoms with E-state index in [-0.39, 0.29) is 22.7 Å². The van der Waals surface area contributed by atoms with Crippen LogP contribution in [0.3, 0.4) is 0 Å². The van der Waals surface area contributed by atoms with Gasteiger partial charge in [-0.25, -0.2) is 0 Å². The maximum atomic E-state index is 12.7. The minimum atomic E-state index is -0.169. The number of hydrogen-bond acceptors (Lipinski definition) is 3. The predicted molar refractivity (Wildman–Crippen MR) is 98.8 cm³/mol. The number of ketones is 1. The van der Waals surface area contributed by atoms with Crippen molar-refractivity contribution in [1.82, 2.24) is 0 Å². The van der Waals surface area contributed by atoms with Crippen molar-refractivity contribution in [2.45, 2.75) is 25.7 Å². The van der Waals surface area contributed by atoms with Crippen LogP contribution < -0.4 is 0 Å². The molecule has 3 rings (SSSR count). The number of benzene rings is 2. The molecular formula is C21H20O2S. The third-order valence-electron chi connectivity index (χ3n) is 4.38. The molecule has 0 radical (unpaired) electrons. The Morgan fingerprint density at radius 1 is 1.00 bits per heavy atom. The Morgan fingerprint density at radius 3 is 2.04 bits per heavy atom. The molecule has 0 aliphatic carbocycles. The first-order chi connectivity index (χ1) is 11.7. The number of rotatable bonds is 4. The monoisotopic (exact) mass is 336 g/mol. The average molecular weight is 336 g/mol. The van der Waals surface area contributed by atoms with Crippen molar-refractivity contribution in [3.8, 4) is 0 Å². The second-order valence-electron chi connectivity index (χ2n) is 5.98. The topological polar surface area (TPSA) is 34.1 Å². The standard InChI is InChI=1S/C21H20O2S/c1-2-15-13-20(22)24-19(21(15)23)14-18(16-9-5-3-6-10-16)17-11-7-4-8-12-17/h3-12,14-15,18H,2,13H2,1H3/b19-14-. The summed E-state index contributed by atoms with van der Waals surface area (Å²) in [5.41, 5.74) is 2.24. The SMILES string of the molecule is CCC1CC(=O)S/C(=C\C(c2ccccc2)c2ccccc2)C1=O. The zero-order valence-electron chi connectivity index (χ0n) is 13.6. The summed E-state index contributed by atoms with van der Waals surface area (Å²) in [6.07, 6.45) is 3.04. The molecule has 1 atom stereocenters. The van der Waals surface area contributed by atoms with E-state index in [1.807, 2.05) is 49.4 Å². The number of thioether (sulfide) groups is 1. The molecule has 0 bridgehead atoms. The molecule has 0 N–H and O–H groups in total. The van der Waals surface area contributed by atoms with E-state index in [9.17, 15) is 9.59 Å². The smallest absolute Gasteiger partial charge is 0.194 e. The van der Waals surface area contributed by atoms with E-state index in [1.54, 1.807) is 0 Å². The van der Waals surface area contributed by atoms with Gasteiger partial charge in [0.05, 0.1) is 4.91 Å². The Hall–Kier alpha value is -2.13. The van der Waals surface area contributed by atoms with E-state index in [0.29, 0.717) is 17.7 Å². The molecule has 0 amide bonds. The third kappa shape index (κ3) is 3.68. The molecule has 1 heterocycles. The summed E-state index contributed by atoms with van der Waals surface area (Å²) in [7, 11) is 0. The molecule has 1 aliphatic rings. The molecule has 24 heavy (non-hydrogen) atoms. The number of allylic oxidation sites excluding steroid dienone is 2. The Balaban J connectivity index is 2.03. The van der Waals surface area contributed by atoms with E-state index in [0.717, 1.165) is 22.9 Å². The Morgan fingerprint density at radius 2 is 1.54 bits per heavy atom. The summed E-state index contributed by atoms with van der Waals surface area (Å²) in [6, 6.07) is 20.2.